The van der Waals surface area contributed by atoms with Crippen LogP contribution in [0.5, 0.6) is 0 Å². The monoisotopic (exact) mass is 724 g/mol. The number of rotatable bonds is 5. The van der Waals surface area contributed by atoms with Gasteiger partial charge in [0.05, 0.1) is 22.1 Å². The van der Waals surface area contributed by atoms with Crippen molar-refractivity contribution in [3.63, 3.8) is 0 Å². The maximum Gasteiger partial charge on any atom is 0.0627 e. The van der Waals surface area contributed by atoms with Gasteiger partial charge in [0.25, 0.3) is 0 Å². The Balaban J connectivity index is 1.23. The van der Waals surface area contributed by atoms with Gasteiger partial charge in [-0.05, 0) is 105 Å². The van der Waals surface area contributed by atoms with E-state index in [2.05, 4.69) is 215 Å². The van der Waals surface area contributed by atoms with Crippen molar-refractivity contribution in [2.75, 3.05) is 0 Å². The van der Waals surface area contributed by atoms with Crippen LogP contribution in [0.1, 0.15) is 11.1 Å². The Labute approximate surface area is 331 Å². The largest absolute Gasteiger partial charge is 0.309 e. The van der Waals surface area contributed by atoms with E-state index in [4.69, 9.17) is 0 Å². The summed E-state index contributed by atoms with van der Waals surface area (Å²) in [5.41, 5.74) is 19.9. The molecule has 12 rings (SSSR count). The quantitative estimate of drug-likeness (QED) is 0.167. The SMILES string of the molecule is c1ccc(-c2ccc3c4c5c6ccc(-c7ccc8c(c7)-c7ccccc7C8)cc6n(-c6ccccc6)c5cc(-c5ccccc5)c4n(-c4ccccc4)c3c2)cc1. The summed E-state index contributed by atoms with van der Waals surface area (Å²) in [6.07, 6.45) is 0.996. The van der Waals surface area contributed by atoms with Crippen LogP contribution >= 0.6 is 0 Å². The number of hydrogen-bond acceptors (Lipinski definition) is 0. The molecule has 1 aliphatic rings. The summed E-state index contributed by atoms with van der Waals surface area (Å²) in [4.78, 5) is 0. The summed E-state index contributed by atoms with van der Waals surface area (Å²) >= 11 is 0. The molecule has 1 aliphatic carbocycles. The van der Waals surface area contributed by atoms with Crippen LogP contribution in [0.4, 0.5) is 0 Å². The zero-order valence-electron chi connectivity index (χ0n) is 31.2. The highest BCUT2D eigenvalue weighted by Gasteiger charge is 2.25. The molecule has 0 aliphatic heterocycles. The third-order valence-electron chi connectivity index (χ3n) is 12.1. The maximum atomic E-state index is 2.50. The molecule has 0 amide bonds. The summed E-state index contributed by atoms with van der Waals surface area (Å²) in [6.45, 7) is 0. The summed E-state index contributed by atoms with van der Waals surface area (Å²) in [7, 11) is 0. The van der Waals surface area contributed by atoms with Crippen LogP contribution in [-0.4, -0.2) is 9.13 Å². The van der Waals surface area contributed by atoms with Crippen LogP contribution in [0.25, 0.3) is 99.5 Å². The number of nitrogens with zero attached hydrogens (tertiary/aromatic N) is 2. The van der Waals surface area contributed by atoms with Crippen LogP contribution in [0, 0.1) is 0 Å². The predicted molar refractivity (Wildman–Crippen MR) is 240 cm³/mol. The van der Waals surface area contributed by atoms with E-state index in [1.54, 1.807) is 0 Å². The van der Waals surface area contributed by atoms with Gasteiger partial charge in [-0.1, -0.05) is 158 Å². The molecule has 2 heteroatoms. The lowest BCUT2D eigenvalue weighted by atomic mass is 9.95. The molecular formula is C55H36N2. The van der Waals surface area contributed by atoms with E-state index in [0.717, 1.165) is 17.8 Å². The van der Waals surface area contributed by atoms with Gasteiger partial charge in [-0.15, -0.1) is 0 Å². The van der Waals surface area contributed by atoms with Crippen molar-refractivity contribution < 1.29 is 0 Å². The first-order chi connectivity index (χ1) is 28.3. The van der Waals surface area contributed by atoms with Gasteiger partial charge in [-0.25, -0.2) is 0 Å². The second kappa shape index (κ2) is 12.6. The van der Waals surface area contributed by atoms with E-state index < -0.39 is 0 Å². The van der Waals surface area contributed by atoms with Gasteiger partial charge >= 0.3 is 0 Å². The van der Waals surface area contributed by atoms with Crippen LogP contribution in [-0.2, 0) is 6.42 Å². The number of para-hydroxylation sites is 2. The van der Waals surface area contributed by atoms with Gasteiger partial charge < -0.3 is 9.13 Å². The highest BCUT2D eigenvalue weighted by atomic mass is 15.0. The van der Waals surface area contributed by atoms with E-state index in [0.29, 0.717) is 0 Å². The minimum Gasteiger partial charge on any atom is -0.309 e. The van der Waals surface area contributed by atoms with Crippen molar-refractivity contribution in [1.82, 2.24) is 9.13 Å². The summed E-state index contributed by atoms with van der Waals surface area (Å²) in [5.74, 6) is 0. The highest BCUT2D eigenvalue weighted by Crippen LogP contribution is 2.48. The molecule has 9 aromatic carbocycles. The molecule has 0 saturated carbocycles. The van der Waals surface area contributed by atoms with Crippen molar-refractivity contribution in [3.8, 4) is 55.9 Å². The fourth-order valence-corrected chi connectivity index (χ4v) is 9.54. The zero-order chi connectivity index (χ0) is 37.5. The minimum atomic E-state index is 0.996. The maximum absolute atomic E-state index is 2.50. The summed E-state index contributed by atoms with van der Waals surface area (Å²) < 4.78 is 4.99. The van der Waals surface area contributed by atoms with Crippen molar-refractivity contribution in [2.45, 2.75) is 6.42 Å². The fraction of sp³-hybridized carbons (Fsp3) is 0.0182. The zero-order valence-corrected chi connectivity index (χ0v) is 31.2. The molecule has 0 unspecified atom stereocenters. The average Bonchev–Trinajstić information content (AvgIpc) is 3.94. The van der Waals surface area contributed by atoms with Gasteiger partial charge in [0.2, 0.25) is 0 Å². The molecule has 2 heterocycles. The molecule has 57 heavy (non-hydrogen) atoms. The molecular weight excluding hydrogens is 689 g/mol. The van der Waals surface area contributed by atoms with E-state index in [1.165, 1.54) is 99.2 Å². The third-order valence-corrected chi connectivity index (χ3v) is 12.1. The molecule has 11 aromatic rings. The molecule has 2 aromatic heterocycles. The first-order valence-electron chi connectivity index (χ1n) is 19.8. The Morgan fingerprint density at radius 3 is 1.51 bits per heavy atom. The number of fused-ring (bicyclic) bond motifs is 10. The van der Waals surface area contributed by atoms with Gasteiger partial charge in [0.15, 0.2) is 0 Å². The molecule has 0 atom stereocenters. The van der Waals surface area contributed by atoms with Crippen molar-refractivity contribution >= 4 is 43.6 Å². The molecule has 0 spiro atoms. The van der Waals surface area contributed by atoms with Crippen LogP contribution in [0.15, 0.2) is 206 Å². The fourth-order valence-electron chi connectivity index (χ4n) is 9.54. The second-order valence-corrected chi connectivity index (χ2v) is 15.3. The van der Waals surface area contributed by atoms with Crippen molar-refractivity contribution in [2.24, 2.45) is 0 Å². The Bertz CT molecular complexity index is 3340. The average molecular weight is 725 g/mol. The third kappa shape index (κ3) is 4.91. The van der Waals surface area contributed by atoms with Gasteiger partial charge in [-0.2, -0.15) is 0 Å². The Morgan fingerprint density at radius 2 is 0.807 bits per heavy atom. The summed E-state index contributed by atoms with van der Waals surface area (Å²) in [5, 5.41) is 5.02. The van der Waals surface area contributed by atoms with Crippen LogP contribution in [0.2, 0.25) is 0 Å². The van der Waals surface area contributed by atoms with Gasteiger partial charge in [0.1, 0.15) is 0 Å². The van der Waals surface area contributed by atoms with E-state index in [-0.39, 0.29) is 0 Å². The molecule has 0 radical (unpaired) electrons. The van der Waals surface area contributed by atoms with Crippen molar-refractivity contribution in [3.05, 3.63) is 217 Å². The van der Waals surface area contributed by atoms with Crippen molar-refractivity contribution in [1.29, 1.82) is 0 Å². The molecule has 2 nitrogen and oxygen atoms in total. The standard InChI is InChI=1S/C55H36N2/c1-5-15-36(16-6-1)39-27-30-47-51(33-39)57(44-22-11-4-12-23-44)55-49(37-17-7-2-8-18-37)35-52-53(54(47)55)46-29-28-40(34-50(46)56(52)43-20-9-3-10-21-43)38-25-26-42-31-41-19-13-14-24-45(41)48(42)32-38/h1-30,32-35H,31H2. The Morgan fingerprint density at radius 1 is 0.298 bits per heavy atom. The molecule has 0 bridgehead atoms. The molecule has 266 valence electrons. The normalized spacial score (nSPS) is 12.1. The lowest BCUT2D eigenvalue weighted by Crippen LogP contribution is -1.97. The van der Waals surface area contributed by atoms with Crippen LogP contribution < -0.4 is 0 Å². The summed E-state index contributed by atoms with van der Waals surface area (Å²) in [6, 6.07) is 75.9. The molecule has 0 fully saturated rings. The van der Waals surface area contributed by atoms with Gasteiger partial charge in [-0.3, -0.25) is 0 Å². The number of aromatic nitrogens is 2. The lowest BCUT2D eigenvalue weighted by Gasteiger charge is -2.14. The Kier molecular flexibility index (Phi) is 7.02. The second-order valence-electron chi connectivity index (χ2n) is 15.3. The lowest BCUT2D eigenvalue weighted by molar-refractivity contribution is 1.17. The van der Waals surface area contributed by atoms with Gasteiger partial charge in [0, 0.05) is 38.5 Å². The van der Waals surface area contributed by atoms with E-state index in [9.17, 15) is 0 Å². The topological polar surface area (TPSA) is 9.86 Å². The molecule has 0 saturated heterocycles. The first-order valence-corrected chi connectivity index (χ1v) is 19.8. The minimum absolute atomic E-state index is 0.996. The smallest absolute Gasteiger partial charge is 0.0627 e. The number of hydrogen-bond donors (Lipinski definition) is 0. The van der Waals surface area contributed by atoms with E-state index >= 15 is 0 Å². The Hall–Kier alpha value is -7.42. The predicted octanol–water partition coefficient (Wildman–Crippen LogP) is 14.5. The molecule has 0 N–H and O–H groups in total. The highest BCUT2D eigenvalue weighted by molar-refractivity contribution is 6.32. The number of benzene rings is 9. The van der Waals surface area contributed by atoms with E-state index in [1.807, 2.05) is 0 Å². The first kappa shape index (κ1) is 31.9. The van der Waals surface area contributed by atoms with Crippen LogP contribution in [0.3, 0.4) is 0 Å².